The van der Waals surface area contributed by atoms with Crippen molar-refractivity contribution in [2.24, 2.45) is 5.92 Å². The molecule has 0 aromatic carbocycles. The van der Waals surface area contributed by atoms with Crippen LogP contribution in [0.15, 0.2) is 6.07 Å². The van der Waals surface area contributed by atoms with E-state index in [9.17, 15) is 4.79 Å². The van der Waals surface area contributed by atoms with Crippen molar-refractivity contribution >= 4 is 33.2 Å². The van der Waals surface area contributed by atoms with Crippen LogP contribution in [-0.4, -0.2) is 17.8 Å². The van der Waals surface area contributed by atoms with Crippen molar-refractivity contribution < 1.29 is 4.79 Å². The van der Waals surface area contributed by atoms with E-state index < -0.39 is 0 Å². The first kappa shape index (κ1) is 15.0. The number of hydrogen-bond donors (Lipinski definition) is 1. The Balaban J connectivity index is 1.78. The van der Waals surface area contributed by atoms with Crippen LogP contribution < -0.4 is 5.32 Å². The molecule has 1 aromatic heterocycles. The molecule has 1 aliphatic carbocycles. The van der Waals surface area contributed by atoms with Crippen LogP contribution in [-0.2, 0) is 12.8 Å². The van der Waals surface area contributed by atoms with E-state index in [1.807, 2.05) is 0 Å². The molecule has 19 heavy (non-hydrogen) atoms. The quantitative estimate of drug-likeness (QED) is 0.609. The maximum Gasteiger partial charge on any atom is 0.261 e. The Morgan fingerprint density at radius 1 is 1.47 bits per heavy atom. The molecular weight excluding hydrogens is 322 g/mol. The van der Waals surface area contributed by atoms with Crippen molar-refractivity contribution in [1.82, 2.24) is 5.32 Å². The van der Waals surface area contributed by atoms with Crippen LogP contribution >= 0.6 is 27.3 Å². The molecule has 1 atom stereocenters. The Morgan fingerprint density at radius 3 is 3.00 bits per heavy atom. The third kappa shape index (κ3) is 4.32. The van der Waals surface area contributed by atoms with Gasteiger partial charge in [0.25, 0.3) is 5.91 Å². The van der Waals surface area contributed by atoms with Gasteiger partial charge in [-0.1, -0.05) is 22.9 Å². The largest absolute Gasteiger partial charge is 0.351 e. The molecular formula is C15H22BrNOS. The number of aryl methyl sites for hydroxylation is 2. The van der Waals surface area contributed by atoms with Gasteiger partial charge in [0.2, 0.25) is 0 Å². The number of fused-ring (bicyclic) bond motifs is 1. The number of hydrogen-bond acceptors (Lipinski definition) is 2. The summed E-state index contributed by atoms with van der Waals surface area (Å²) in [5, 5.41) is 4.08. The highest BCUT2D eigenvalue weighted by Gasteiger charge is 2.16. The minimum Gasteiger partial charge on any atom is -0.351 e. The van der Waals surface area contributed by atoms with Crippen LogP contribution in [0.2, 0.25) is 0 Å². The molecule has 4 heteroatoms. The van der Waals surface area contributed by atoms with Gasteiger partial charge in [-0.25, -0.2) is 0 Å². The third-order valence-electron chi connectivity index (χ3n) is 3.64. The van der Waals surface area contributed by atoms with Gasteiger partial charge in [0.15, 0.2) is 0 Å². The van der Waals surface area contributed by atoms with Gasteiger partial charge < -0.3 is 5.32 Å². The molecule has 0 bridgehead atoms. The molecule has 106 valence electrons. The summed E-state index contributed by atoms with van der Waals surface area (Å²) < 4.78 is 0. The maximum absolute atomic E-state index is 12.1. The van der Waals surface area contributed by atoms with Crippen LogP contribution in [0.3, 0.4) is 0 Å². The lowest BCUT2D eigenvalue weighted by Gasteiger charge is -2.08. The number of thiophene rings is 1. The summed E-state index contributed by atoms with van der Waals surface area (Å²) in [6, 6.07) is 2.11. The standard InChI is InChI=1S/C15H22BrNOS/c1-11(10-16)5-4-8-17-15(18)14-9-12-6-2-3-7-13(12)19-14/h9,11H,2-8,10H2,1H3,(H,17,18). The van der Waals surface area contributed by atoms with Crippen molar-refractivity contribution in [3.8, 4) is 0 Å². The number of carbonyl (C=O) groups is 1. The molecule has 0 saturated heterocycles. The number of halogens is 1. The lowest BCUT2D eigenvalue weighted by molar-refractivity contribution is 0.0956. The molecule has 0 radical (unpaired) electrons. The normalized spacial score (nSPS) is 15.9. The van der Waals surface area contributed by atoms with Crippen molar-refractivity contribution in [2.75, 3.05) is 11.9 Å². The highest BCUT2D eigenvalue weighted by Crippen LogP contribution is 2.29. The summed E-state index contributed by atoms with van der Waals surface area (Å²) in [6.07, 6.45) is 7.09. The van der Waals surface area contributed by atoms with Crippen molar-refractivity contribution in [3.05, 3.63) is 21.4 Å². The Bertz CT molecular complexity index is 406. The third-order valence-corrected chi connectivity index (χ3v) is 5.98. The average molecular weight is 344 g/mol. The first-order valence-electron chi connectivity index (χ1n) is 7.16. The predicted octanol–water partition coefficient (Wildman–Crippen LogP) is 4.17. The number of rotatable bonds is 6. The van der Waals surface area contributed by atoms with Crippen molar-refractivity contribution in [3.63, 3.8) is 0 Å². The second kappa shape index (κ2) is 7.44. The molecule has 1 aliphatic rings. The first-order valence-corrected chi connectivity index (χ1v) is 9.10. The zero-order valence-electron chi connectivity index (χ0n) is 11.5. The van der Waals surface area contributed by atoms with Gasteiger partial charge in [-0.3, -0.25) is 4.79 Å². The van der Waals surface area contributed by atoms with Crippen molar-refractivity contribution in [2.45, 2.75) is 45.4 Å². The summed E-state index contributed by atoms with van der Waals surface area (Å²) in [5.74, 6) is 0.803. The molecule has 1 amide bonds. The van der Waals surface area contributed by atoms with Gasteiger partial charge in [0.1, 0.15) is 0 Å². The van der Waals surface area contributed by atoms with E-state index in [1.165, 1.54) is 23.3 Å². The van der Waals surface area contributed by atoms with Crippen LogP contribution in [0.1, 0.15) is 52.7 Å². The monoisotopic (exact) mass is 343 g/mol. The van der Waals surface area contributed by atoms with Crippen LogP contribution in [0.5, 0.6) is 0 Å². The summed E-state index contributed by atoms with van der Waals surface area (Å²) >= 11 is 5.17. The fourth-order valence-corrected chi connectivity index (χ4v) is 3.91. The zero-order valence-corrected chi connectivity index (χ0v) is 13.9. The van der Waals surface area contributed by atoms with E-state index in [4.69, 9.17) is 0 Å². The van der Waals surface area contributed by atoms with E-state index in [1.54, 1.807) is 11.3 Å². The molecule has 2 nitrogen and oxygen atoms in total. The molecule has 2 rings (SSSR count). The van der Waals surface area contributed by atoms with E-state index in [0.717, 1.165) is 42.4 Å². The number of carbonyl (C=O) groups excluding carboxylic acids is 1. The second-order valence-corrected chi connectivity index (χ2v) is 7.21. The summed E-state index contributed by atoms with van der Waals surface area (Å²) in [6.45, 7) is 3.02. The topological polar surface area (TPSA) is 29.1 Å². The Morgan fingerprint density at radius 2 is 2.26 bits per heavy atom. The molecule has 0 fully saturated rings. The Labute approximate surface area is 128 Å². The molecule has 0 aliphatic heterocycles. The van der Waals surface area contributed by atoms with Crippen LogP contribution in [0.4, 0.5) is 0 Å². The minimum atomic E-state index is 0.117. The summed E-state index contributed by atoms with van der Waals surface area (Å²) in [4.78, 5) is 14.4. The smallest absolute Gasteiger partial charge is 0.261 e. The highest BCUT2D eigenvalue weighted by molar-refractivity contribution is 9.09. The zero-order chi connectivity index (χ0) is 13.7. The molecule has 1 heterocycles. The van der Waals surface area contributed by atoms with Crippen LogP contribution in [0, 0.1) is 5.92 Å². The second-order valence-electron chi connectivity index (χ2n) is 5.42. The predicted molar refractivity (Wildman–Crippen MR) is 85.5 cm³/mol. The van der Waals surface area contributed by atoms with E-state index >= 15 is 0 Å². The Hall–Kier alpha value is -0.350. The fraction of sp³-hybridized carbons (Fsp3) is 0.667. The number of amides is 1. The van der Waals surface area contributed by atoms with Gasteiger partial charge >= 0.3 is 0 Å². The molecule has 1 N–H and O–H groups in total. The van der Waals surface area contributed by atoms with Gasteiger partial charge in [-0.2, -0.15) is 0 Å². The minimum absolute atomic E-state index is 0.117. The number of alkyl halides is 1. The van der Waals surface area contributed by atoms with Crippen LogP contribution in [0.25, 0.3) is 0 Å². The first-order chi connectivity index (χ1) is 9.20. The SMILES string of the molecule is CC(CBr)CCCNC(=O)c1cc2c(s1)CCCC2. The van der Waals surface area contributed by atoms with Gasteiger partial charge in [-0.05, 0) is 56.1 Å². The van der Waals surface area contributed by atoms with Crippen molar-refractivity contribution in [1.29, 1.82) is 0 Å². The average Bonchev–Trinajstić information content (AvgIpc) is 2.87. The highest BCUT2D eigenvalue weighted by atomic mass is 79.9. The van der Waals surface area contributed by atoms with E-state index in [-0.39, 0.29) is 5.91 Å². The molecule has 0 saturated carbocycles. The number of nitrogens with one attached hydrogen (secondary N) is 1. The van der Waals surface area contributed by atoms with E-state index in [2.05, 4.69) is 34.2 Å². The molecule has 1 unspecified atom stereocenters. The maximum atomic E-state index is 12.1. The lowest BCUT2D eigenvalue weighted by Crippen LogP contribution is -2.23. The van der Waals surface area contributed by atoms with Gasteiger partial charge in [0.05, 0.1) is 4.88 Å². The lowest BCUT2D eigenvalue weighted by atomic mass is 9.99. The van der Waals surface area contributed by atoms with Gasteiger partial charge in [0, 0.05) is 16.8 Å². The summed E-state index contributed by atoms with van der Waals surface area (Å²) in [7, 11) is 0. The van der Waals surface area contributed by atoms with Gasteiger partial charge in [-0.15, -0.1) is 11.3 Å². The summed E-state index contributed by atoms with van der Waals surface area (Å²) in [5.41, 5.74) is 1.41. The molecule has 0 spiro atoms. The Kier molecular flexibility index (Phi) is 5.89. The van der Waals surface area contributed by atoms with E-state index in [0.29, 0.717) is 5.92 Å². The molecule has 1 aromatic rings. The fourth-order valence-electron chi connectivity index (χ4n) is 2.42.